The first-order valence-corrected chi connectivity index (χ1v) is 16.2. The van der Waals surface area contributed by atoms with Crippen LogP contribution in [0.15, 0.2) is 16.9 Å². The molecule has 2 unspecified atom stereocenters. The maximum atomic E-state index is 14.5. The Labute approximate surface area is 279 Å². The zero-order chi connectivity index (χ0) is 35.5. The summed E-state index contributed by atoms with van der Waals surface area (Å²) in [5.41, 5.74) is 21.3. The minimum atomic E-state index is -1.48. The molecular formula is C34H47FN6O7. The number of primary amides is 1. The number of hydrogen-bond donors (Lipinski definition) is 5. The van der Waals surface area contributed by atoms with Gasteiger partial charge in [-0.2, -0.15) is 0 Å². The number of esters is 1. The number of unbranched alkanes of at least 4 members (excludes halogenated alkanes) is 1. The lowest BCUT2D eigenvalue weighted by atomic mass is 9.85. The summed E-state index contributed by atoms with van der Waals surface area (Å²) >= 11 is 0. The van der Waals surface area contributed by atoms with Gasteiger partial charge in [-0.05, 0) is 75.3 Å². The Kier molecular flexibility index (Phi) is 14.2. The van der Waals surface area contributed by atoms with Crippen molar-refractivity contribution in [2.75, 3.05) is 19.9 Å². The van der Waals surface area contributed by atoms with Crippen molar-refractivity contribution in [1.82, 2.24) is 14.9 Å². The third-order valence-corrected chi connectivity index (χ3v) is 8.17. The highest BCUT2D eigenvalue weighted by molar-refractivity contribution is 5.92. The highest BCUT2D eigenvalue weighted by Gasteiger charge is 2.35. The van der Waals surface area contributed by atoms with Crippen molar-refractivity contribution in [1.29, 1.82) is 0 Å². The van der Waals surface area contributed by atoms with Crippen LogP contribution < -0.4 is 28.1 Å². The fourth-order valence-electron chi connectivity index (χ4n) is 5.92. The number of aryl methyl sites for hydroxylation is 2. The van der Waals surface area contributed by atoms with E-state index >= 15 is 0 Å². The van der Waals surface area contributed by atoms with Crippen LogP contribution in [0, 0.1) is 12.7 Å². The molecule has 262 valence electrons. The van der Waals surface area contributed by atoms with Crippen molar-refractivity contribution in [2.24, 2.45) is 17.2 Å². The molecule has 6 rings (SSSR count). The number of pyridine rings is 2. The Hall–Kier alpha value is -4.24. The summed E-state index contributed by atoms with van der Waals surface area (Å²) < 4.78 is 25.6. The molecule has 1 aromatic carbocycles. The molecular weight excluding hydrogens is 623 g/mol. The number of nitrogens with two attached hydrogens (primary N) is 3. The van der Waals surface area contributed by atoms with Gasteiger partial charge in [-0.1, -0.05) is 20.3 Å². The second kappa shape index (κ2) is 17.8. The van der Waals surface area contributed by atoms with Crippen LogP contribution in [-0.2, 0) is 49.9 Å². The van der Waals surface area contributed by atoms with Crippen LogP contribution in [0.3, 0.4) is 0 Å². The van der Waals surface area contributed by atoms with Crippen molar-refractivity contribution in [3.63, 3.8) is 0 Å². The number of carbonyl (C=O) groups is 3. The first kappa shape index (κ1) is 38.2. The van der Waals surface area contributed by atoms with E-state index in [1.807, 2.05) is 20.8 Å². The third-order valence-electron chi connectivity index (χ3n) is 8.17. The summed E-state index contributed by atoms with van der Waals surface area (Å²) in [4.78, 5) is 49.1. The minimum Gasteiger partial charge on any atom is -0.458 e. The maximum Gasteiger partial charge on any atom is 0.340 e. The fourth-order valence-corrected chi connectivity index (χ4v) is 5.92. The number of carbonyl (C=O) groups excluding carboxylic acids is 3. The molecule has 0 spiro atoms. The van der Waals surface area contributed by atoms with Crippen LogP contribution in [0.1, 0.15) is 85.9 Å². The van der Waals surface area contributed by atoms with E-state index in [9.17, 15) is 28.7 Å². The SMILES string of the molecule is CC.CC(N)CCCCN.Cc1c(F)cc2nc3c(c4c2c1CCC4)Cn1c-3cc2c(c1=O)COC(=O)C2O.NC(=O)COCNC=O. The van der Waals surface area contributed by atoms with E-state index in [4.69, 9.17) is 26.9 Å². The molecule has 2 aliphatic heterocycles. The van der Waals surface area contributed by atoms with Crippen LogP contribution in [0.25, 0.3) is 22.3 Å². The lowest BCUT2D eigenvalue weighted by Gasteiger charge is -2.22. The largest absolute Gasteiger partial charge is 0.458 e. The number of cyclic esters (lactones) is 1. The molecule has 2 aromatic heterocycles. The van der Waals surface area contributed by atoms with E-state index in [1.54, 1.807) is 17.6 Å². The molecule has 8 N–H and O–H groups in total. The molecule has 1 aliphatic carbocycles. The fraction of sp³-hybridized carbons (Fsp3) is 0.500. The number of aromatic nitrogens is 2. The molecule has 0 bridgehead atoms. The van der Waals surface area contributed by atoms with Crippen molar-refractivity contribution >= 4 is 29.2 Å². The van der Waals surface area contributed by atoms with Gasteiger partial charge in [0.15, 0.2) is 6.10 Å². The quantitative estimate of drug-likeness (QED) is 0.0757. The number of amides is 2. The van der Waals surface area contributed by atoms with E-state index in [2.05, 4.69) is 10.1 Å². The third kappa shape index (κ3) is 8.61. The van der Waals surface area contributed by atoms with E-state index in [0.29, 0.717) is 47.0 Å². The number of fused-ring (bicyclic) bond motifs is 5. The van der Waals surface area contributed by atoms with E-state index in [-0.39, 0.29) is 36.9 Å². The van der Waals surface area contributed by atoms with Crippen LogP contribution >= 0.6 is 0 Å². The van der Waals surface area contributed by atoms with Gasteiger partial charge in [-0.25, -0.2) is 14.2 Å². The average Bonchev–Trinajstić information content (AvgIpc) is 3.44. The summed E-state index contributed by atoms with van der Waals surface area (Å²) in [7, 11) is 0. The van der Waals surface area contributed by atoms with Crippen LogP contribution in [0.5, 0.6) is 0 Å². The zero-order valence-electron chi connectivity index (χ0n) is 28.1. The predicted octanol–water partition coefficient (Wildman–Crippen LogP) is 2.13. The molecule has 3 aromatic rings. The first-order chi connectivity index (χ1) is 23.0. The first-order valence-electron chi connectivity index (χ1n) is 16.2. The normalized spacial score (nSPS) is 15.5. The molecule has 2 atom stereocenters. The van der Waals surface area contributed by atoms with E-state index in [0.717, 1.165) is 60.7 Å². The molecule has 0 saturated heterocycles. The number of halogens is 1. The summed E-state index contributed by atoms with van der Waals surface area (Å²) in [5, 5.41) is 13.4. The van der Waals surface area contributed by atoms with Gasteiger partial charge in [0.2, 0.25) is 12.3 Å². The molecule has 48 heavy (non-hydrogen) atoms. The summed E-state index contributed by atoms with van der Waals surface area (Å²) in [6.45, 7) is 8.72. The molecule has 13 nitrogen and oxygen atoms in total. The molecule has 4 heterocycles. The van der Waals surface area contributed by atoms with Gasteiger partial charge >= 0.3 is 5.97 Å². The highest BCUT2D eigenvalue weighted by Crippen LogP contribution is 2.42. The number of aliphatic hydroxyl groups is 1. The Morgan fingerprint density at radius 2 is 1.92 bits per heavy atom. The lowest BCUT2D eigenvalue weighted by Crippen LogP contribution is -2.32. The number of nitrogens with zero attached hydrogens (tertiary/aromatic N) is 2. The average molecular weight is 671 g/mol. The monoisotopic (exact) mass is 670 g/mol. The number of aliphatic hydroxyl groups excluding tert-OH is 1. The lowest BCUT2D eigenvalue weighted by molar-refractivity contribution is -0.157. The standard InChI is InChI=1S/C22H17FN2O4.C6H16N2.C4H8N2O3.C2H6/c1-9-10-3-2-4-11-13-7-25-17(19(13)24-16(18(10)11)6-15(9)23)5-12-14(21(25)27)8-29-22(28)20(12)26;1-6(8)4-2-3-5-7;5-4(8)1-9-3-6-2-7;1-2/h5-6,20,26H,2-4,7-8H2,1H3;6H,2-5,7-8H2,1H3;2H,1,3H2,(H2,5,8)(H,6,7);1-2H3. The molecule has 2 amide bonds. The van der Waals surface area contributed by atoms with Crippen molar-refractivity contribution in [3.05, 3.63) is 61.7 Å². The predicted molar refractivity (Wildman–Crippen MR) is 179 cm³/mol. The topological polar surface area (TPSA) is 215 Å². The Bertz CT molecular complexity index is 1690. The summed E-state index contributed by atoms with van der Waals surface area (Å²) in [6, 6.07) is 3.48. The minimum absolute atomic E-state index is 0.0203. The molecule has 3 aliphatic rings. The highest BCUT2D eigenvalue weighted by atomic mass is 19.1. The van der Waals surface area contributed by atoms with Gasteiger partial charge in [0.25, 0.3) is 5.56 Å². The van der Waals surface area contributed by atoms with E-state index < -0.39 is 18.0 Å². The van der Waals surface area contributed by atoms with E-state index in [1.165, 1.54) is 12.5 Å². The van der Waals surface area contributed by atoms with Gasteiger partial charge < -0.3 is 41.7 Å². The number of rotatable bonds is 9. The molecule has 14 heteroatoms. The van der Waals surface area contributed by atoms with Crippen molar-refractivity contribution < 1.29 is 33.4 Å². The van der Waals surface area contributed by atoms with Gasteiger partial charge in [0, 0.05) is 28.6 Å². The van der Waals surface area contributed by atoms with Gasteiger partial charge in [-0.3, -0.25) is 14.4 Å². The molecule has 0 fully saturated rings. The number of nitrogens with one attached hydrogen (secondary N) is 1. The maximum absolute atomic E-state index is 14.5. The van der Waals surface area contributed by atoms with Crippen molar-refractivity contribution in [3.8, 4) is 11.4 Å². The second-order valence-electron chi connectivity index (χ2n) is 11.5. The molecule has 0 radical (unpaired) electrons. The Morgan fingerprint density at radius 1 is 1.21 bits per heavy atom. The second-order valence-corrected chi connectivity index (χ2v) is 11.5. The number of benzene rings is 1. The summed E-state index contributed by atoms with van der Waals surface area (Å²) in [6.07, 6.45) is 4.98. The van der Waals surface area contributed by atoms with Crippen molar-refractivity contribution in [2.45, 2.75) is 91.5 Å². The summed E-state index contributed by atoms with van der Waals surface area (Å²) in [5.74, 6) is -1.58. The Morgan fingerprint density at radius 3 is 2.56 bits per heavy atom. The molecule has 0 saturated carbocycles. The Balaban J connectivity index is 0.000000274. The smallest absolute Gasteiger partial charge is 0.340 e. The van der Waals surface area contributed by atoms with Crippen LogP contribution in [0.2, 0.25) is 0 Å². The van der Waals surface area contributed by atoms with Gasteiger partial charge in [0.1, 0.15) is 25.8 Å². The van der Waals surface area contributed by atoms with Gasteiger partial charge in [-0.15, -0.1) is 0 Å². The van der Waals surface area contributed by atoms with Crippen LogP contribution in [-0.4, -0.2) is 58.9 Å². The zero-order valence-corrected chi connectivity index (χ0v) is 28.1. The van der Waals surface area contributed by atoms with Gasteiger partial charge in [0.05, 0.1) is 29.0 Å². The number of ether oxygens (including phenoxy) is 2. The van der Waals surface area contributed by atoms with Crippen LogP contribution in [0.4, 0.5) is 4.39 Å². The number of hydrogen-bond acceptors (Lipinski definition) is 10.